The topological polar surface area (TPSA) is 53.9 Å². The molecule has 2 aromatic rings. The Morgan fingerprint density at radius 3 is 2.59 bits per heavy atom. The van der Waals surface area contributed by atoms with Crippen LogP contribution < -0.4 is 10.1 Å². The molecule has 1 unspecified atom stereocenters. The zero-order valence-electron chi connectivity index (χ0n) is 19.2. The van der Waals surface area contributed by atoms with E-state index in [1.165, 1.54) is 12.1 Å². The van der Waals surface area contributed by atoms with Crippen LogP contribution in [0.15, 0.2) is 47.6 Å². The van der Waals surface area contributed by atoms with E-state index in [1.54, 1.807) is 16.8 Å². The van der Waals surface area contributed by atoms with Crippen LogP contribution in [0.3, 0.4) is 0 Å². The van der Waals surface area contributed by atoms with E-state index in [0.717, 1.165) is 43.0 Å². The normalized spacial score (nSPS) is 18.1. The van der Waals surface area contributed by atoms with Crippen molar-refractivity contribution in [3.8, 4) is 5.75 Å². The quantitative estimate of drug-likeness (QED) is 0.407. The standard InChI is InChI=1S/C24H27ClF3N3O2S/c1-23(11-4-12-34-3)15-31(30-22(23)16-5-7-17(25)8-6-16)14-21(32)29-18-9-10-19(24(26,27)28)20(13-18)33-2/h5-10,13H,4,11-12,14-15H2,1-3H3,(H,29,32). The van der Waals surface area contributed by atoms with Crippen LogP contribution in [-0.4, -0.2) is 48.8 Å². The second kappa shape index (κ2) is 10.9. The van der Waals surface area contributed by atoms with Gasteiger partial charge in [-0.3, -0.25) is 9.80 Å². The van der Waals surface area contributed by atoms with Crippen LogP contribution in [0.25, 0.3) is 0 Å². The number of rotatable bonds is 9. The second-order valence-corrected chi connectivity index (χ2v) is 9.82. The molecule has 2 aromatic carbocycles. The SMILES string of the molecule is COc1cc(NC(=O)CN2CC(C)(CCCSC)C(c3ccc(Cl)cc3)=N2)ccc1C(F)(F)F. The number of benzene rings is 2. The lowest BCUT2D eigenvalue weighted by atomic mass is 9.78. The van der Waals surface area contributed by atoms with Gasteiger partial charge in [0.05, 0.1) is 18.4 Å². The number of halogens is 4. The minimum atomic E-state index is -4.54. The Morgan fingerprint density at radius 1 is 1.26 bits per heavy atom. The number of carbonyl (C=O) groups excluding carboxylic acids is 1. The monoisotopic (exact) mass is 513 g/mol. The molecule has 5 nitrogen and oxygen atoms in total. The minimum absolute atomic E-state index is 0.0292. The van der Waals surface area contributed by atoms with Crippen molar-refractivity contribution >= 4 is 40.7 Å². The predicted octanol–water partition coefficient (Wildman–Crippen LogP) is 6.18. The van der Waals surface area contributed by atoms with Gasteiger partial charge in [-0.05, 0) is 54.7 Å². The molecule has 1 heterocycles. The number of methoxy groups -OCH3 is 1. The number of carbonyl (C=O) groups is 1. The molecule has 0 aromatic heterocycles. The third kappa shape index (κ3) is 6.39. The van der Waals surface area contributed by atoms with Crippen LogP contribution >= 0.6 is 23.4 Å². The molecule has 1 N–H and O–H groups in total. The largest absolute Gasteiger partial charge is 0.496 e. The van der Waals surface area contributed by atoms with Crippen LogP contribution in [0.2, 0.25) is 5.02 Å². The van der Waals surface area contributed by atoms with Crippen LogP contribution in [0.4, 0.5) is 18.9 Å². The summed E-state index contributed by atoms with van der Waals surface area (Å²) >= 11 is 7.83. The molecular formula is C24H27ClF3N3O2S. The summed E-state index contributed by atoms with van der Waals surface area (Å²) in [4.78, 5) is 12.7. The highest BCUT2D eigenvalue weighted by molar-refractivity contribution is 7.98. The van der Waals surface area contributed by atoms with Gasteiger partial charge >= 0.3 is 6.18 Å². The maximum Gasteiger partial charge on any atom is 0.419 e. The Hall–Kier alpha value is -2.39. The van der Waals surface area contributed by atoms with Gasteiger partial charge in [0.25, 0.3) is 0 Å². The first kappa shape index (κ1) is 26.2. The maximum absolute atomic E-state index is 13.1. The van der Waals surface area contributed by atoms with Gasteiger partial charge in [0.15, 0.2) is 0 Å². The second-order valence-electron chi connectivity index (χ2n) is 8.40. The lowest BCUT2D eigenvalue weighted by molar-refractivity contribution is -0.138. The van der Waals surface area contributed by atoms with Crippen LogP contribution in [0, 0.1) is 5.41 Å². The van der Waals surface area contributed by atoms with E-state index in [1.807, 2.05) is 24.3 Å². The lowest BCUT2D eigenvalue weighted by Gasteiger charge is -2.26. The molecule has 1 amide bonds. The average Bonchev–Trinajstić information content (AvgIpc) is 3.09. The maximum atomic E-state index is 13.1. The Balaban J connectivity index is 1.75. The summed E-state index contributed by atoms with van der Waals surface area (Å²) in [6.07, 6.45) is -0.561. The summed E-state index contributed by atoms with van der Waals surface area (Å²) in [5.74, 6) is 0.296. The van der Waals surface area contributed by atoms with Gasteiger partial charge in [-0.25, -0.2) is 0 Å². The molecule has 1 aliphatic rings. The highest BCUT2D eigenvalue weighted by Gasteiger charge is 2.39. The molecule has 0 bridgehead atoms. The van der Waals surface area contributed by atoms with Crippen LogP contribution in [0.5, 0.6) is 5.75 Å². The molecule has 0 aliphatic carbocycles. The van der Waals surface area contributed by atoms with Crippen molar-refractivity contribution in [1.29, 1.82) is 0 Å². The number of hydrogen-bond donors (Lipinski definition) is 1. The molecule has 0 saturated heterocycles. The van der Waals surface area contributed by atoms with E-state index in [4.69, 9.17) is 21.4 Å². The van der Waals surface area contributed by atoms with Gasteiger partial charge in [-0.2, -0.15) is 30.0 Å². The summed E-state index contributed by atoms with van der Waals surface area (Å²) in [7, 11) is 1.16. The molecule has 1 atom stereocenters. The van der Waals surface area contributed by atoms with E-state index >= 15 is 0 Å². The summed E-state index contributed by atoms with van der Waals surface area (Å²) in [5, 5.41) is 9.74. The van der Waals surface area contributed by atoms with Crippen LogP contribution in [-0.2, 0) is 11.0 Å². The zero-order valence-corrected chi connectivity index (χ0v) is 20.8. The number of thioether (sulfide) groups is 1. The molecule has 184 valence electrons. The molecule has 0 fully saturated rings. The first-order valence-corrected chi connectivity index (χ1v) is 12.5. The summed E-state index contributed by atoms with van der Waals surface area (Å²) in [6.45, 7) is 2.67. The smallest absolute Gasteiger partial charge is 0.419 e. The molecule has 1 aliphatic heterocycles. The van der Waals surface area contributed by atoms with Gasteiger partial charge < -0.3 is 10.1 Å². The van der Waals surface area contributed by atoms with Crippen molar-refractivity contribution in [2.24, 2.45) is 10.5 Å². The fourth-order valence-electron chi connectivity index (χ4n) is 4.05. The van der Waals surface area contributed by atoms with Crippen molar-refractivity contribution < 1.29 is 22.7 Å². The van der Waals surface area contributed by atoms with Gasteiger partial charge in [0, 0.05) is 28.7 Å². The molecule has 34 heavy (non-hydrogen) atoms. The van der Waals surface area contributed by atoms with Crippen molar-refractivity contribution in [3.05, 3.63) is 58.6 Å². The minimum Gasteiger partial charge on any atom is -0.496 e. The van der Waals surface area contributed by atoms with Gasteiger partial charge in [0.2, 0.25) is 5.91 Å². The number of amides is 1. The first-order chi connectivity index (χ1) is 16.1. The van der Waals surface area contributed by atoms with Crippen molar-refractivity contribution in [3.63, 3.8) is 0 Å². The highest BCUT2D eigenvalue weighted by atomic mass is 35.5. The molecule has 10 heteroatoms. The number of anilines is 1. The fourth-order valence-corrected chi connectivity index (χ4v) is 4.61. The lowest BCUT2D eigenvalue weighted by Crippen LogP contribution is -2.34. The number of hydrogen-bond acceptors (Lipinski definition) is 5. The van der Waals surface area contributed by atoms with Crippen molar-refractivity contribution in [2.45, 2.75) is 25.9 Å². The number of ether oxygens (including phenoxy) is 1. The van der Waals surface area contributed by atoms with Crippen LogP contribution in [0.1, 0.15) is 30.9 Å². The molecule has 0 saturated carbocycles. The number of nitrogens with zero attached hydrogens (tertiary/aromatic N) is 2. The average molecular weight is 514 g/mol. The van der Waals surface area contributed by atoms with Gasteiger partial charge in [0.1, 0.15) is 12.3 Å². The summed E-state index contributed by atoms with van der Waals surface area (Å²) < 4.78 is 44.1. The molecular weight excluding hydrogens is 487 g/mol. The fraction of sp³-hybridized carbons (Fsp3) is 0.417. The van der Waals surface area contributed by atoms with Gasteiger partial charge in [-0.1, -0.05) is 30.7 Å². The number of nitrogens with one attached hydrogen (secondary N) is 1. The molecule has 0 radical (unpaired) electrons. The zero-order chi connectivity index (χ0) is 24.9. The highest BCUT2D eigenvalue weighted by Crippen LogP contribution is 2.38. The molecule has 3 rings (SSSR count). The third-order valence-corrected chi connectivity index (χ3v) is 6.60. The summed E-state index contributed by atoms with van der Waals surface area (Å²) in [6, 6.07) is 10.7. The number of alkyl halides is 3. The van der Waals surface area contributed by atoms with Gasteiger partial charge in [-0.15, -0.1) is 0 Å². The van der Waals surface area contributed by atoms with Crippen molar-refractivity contribution in [2.75, 3.05) is 37.5 Å². The summed E-state index contributed by atoms with van der Waals surface area (Å²) in [5.41, 5.74) is 0.923. The predicted molar refractivity (Wildman–Crippen MR) is 132 cm³/mol. The van der Waals surface area contributed by atoms with E-state index in [9.17, 15) is 18.0 Å². The Morgan fingerprint density at radius 2 is 1.97 bits per heavy atom. The van der Waals surface area contributed by atoms with E-state index in [0.29, 0.717) is 11.6 Å². The van der Waals surface area contributed by atoms with E-state index < -0.39 is 11.7 Å². The Bertz CT molecular complexity index is 1050. The van der Waals surface area contributed by atoms with E-state index in [-0.39, 0.29) is 29.3 Å². The third-order valence-electron chi connectivity index (χ3n) is 5.66. The Labute approximate surface area is 206 Å². The van der Waals surface area contributed by atoms with E-state index in [2.05, 4.69) is 18.5 Å². The van der Waals surface area contributed by atoms with Crippen molar-refractivity contribution in [1.82, 2.24) is 5.01 Å². The number of hydrazone groups is 1. The molecule has 0 spiro atoms. The first-order valence-electron chi connectivity index (χ1n) is 10.7. The Kier molecular flexibility index (Phi) is 8.41.